The molecular formula is C15H26N2O. The van der Waals surface area contributed by atoms with Crippen LogP contribution in [0.15, 0.2) is 12.1 Å². The van der Waals surface area contributed by atoms with E-state index in [0.29, 0.717) is 6.04 Å². The van der Waals surface area contributed by atoms with Crippen molar-refractivity contribution in [1.82, 2.24) is 5.32 Å². The molecule has 1 aromatic carbocycles. The fraction of sp³-hybridized carbons (Fsp3) is 0.600. The van der Waals surface area contributed by atoms with E-state index in [9.17, 15) is 0 Å². The van der Waals surface area contributed by atoms with Crippen LogP contribution in [0.5, 0.6) is 5.75 Å². The average molecular weight is 250 g/mol. The molecule has 0 radical (unpaired) electrons. The van der Waals surface area contributed by atoms with Gasteiger partial charge >= 0.3 is 0 Å². The third-order valence-electron chi connectivity index (χ3n) is 3.42. The molecular weight excluding hydrogens is 224 g/mol. The number of nitrogens with one attached hydrogen (secondary N) is 1. The van der Waals surface area contributed by atoms with Gasteiger partial charge in [-0.05, 0) is 63.4 Å². The molecule has 18 heavy (non-hydrogen) atoms. The maximum Gasteiger partial charge on any atom is 0.122 e. The van der Waals surface area contributed by atoms with Crippen molar-refractivity contribution in [3.63, 3.8) is 0 Å². The summed E-state index contributed by atoms with van der Waals surface area (Å²) in [5.74, 6) is 0.957. The van der Waals surface area contributed by atoms with Crippen LogP contribution in [0.25, 0.3) is 0 Å². The standard InChI is InChI=1S/C15H26N2O/c1-10-9-15(18-5)11(2)8-13(10)14(17-4)7-6-12(3)16/h8-9,12,14,17H,6-7,16H2,1-5H3. The van der Waals surface area contributed by atoms with Gasteiger partial charge in [-0.1, -0.05) is 6.07 Å². The summed E-state index contributed by atoms with van der Waals surface area (Å²) in [6.07, 6.45) is 2.08. The summed E-state index contributed by atoms with van der Waals surface area (Å²) >= 11 is 0. The first-order valence-electron chi connectivity index (χ1n) is 6.57. The molecule has 3 heteroatoms. The molecule has 2 atom stereocenters. The zero-order valence-electron chi connectivity index (χ0n) is 12.2. The fourth-order valence-electron chi connectivity index (χ4n) is 2.29. The molecule has 0 heterocycles. The molecule has 0 aromatic heterocycles. The second-order valence-electron chi connectivity index (χ2n) is 5.07. The summed E-state index contributed by atoms with van der Waals surface area (Å²) in [5.41, 5.74) is 9.63. The minimum absolute atomic E-state index is 0.250. The van der Waals surface area contributed by atoms with Crippen LogP contribution in [0.2, 0.25) is 0 Å². The Bertz CT molecular complexity index is 388. The van der Waals surface area contributed by atoms with E-state index < -0.39 is 0 Å². The zero-order chi connectivity index (χ0) is 13.7. The number of rotatable bonds is 6. The highest BCUT2D eigenvalue weighted by atomic mass is 16.5. The van der Waals surface area contributed by atoms with Gasteiger partial charge in [0.25, 0.3) is 0 Å². The van der Waals surface area contributed by atoms with E-state index in [4.69, 9.17) is 10.5 Å². The highest BCUT2D eigenvalue weighted by Gasteiger charge is 2.14. The summed E-state index contributed by atoms with van der Waals surface area (Å²) in [5, 5.41) is 3.38. The zero-order valence-corrected chi connectivity index (χ0v) is 12.2. The van der Waals surface area contributed by atoms with Gasteiger partial charge in [0.1, 0.15) is 5.75 Å². The van der Waals surface area contributed by atoms with E-state index in [1.165, 1.54) is 16.7 Å². The lowest BCUT2D eigenvalue weighted by atomic mass is 9.94. The fourth-order valence-corrected chi connectivity index (χ4v) is 2.29. The molecule has 0 aliphatic heterocycles. The van der Waals surface area contributed by atoms with E-state index in [-0.39, 0.29) is 6.04 Å². The number of hydrogen-bond acceptors (Lipinski definition) is 3. The van der Waals surface area contributed by atoms with Crippen LogP contribution in [0, 0.1) is 13.8 Å². The number of hydrogen-bond donors (Lipinski definition) is 2. The van der Waals surface area contributed by atoms with Gasteiger partial charge in [-0.3, -0.25) is 0 Å². The maximum atomic E-state index is 5.84. The Kier molecular flexibility index (Phi) is 5.63. The molecule has 3 N–H and O–H groups in total. The van der Waals surface area contributed by atoms with Gasteiger partial charge < -0.3 is 15.8 Å². The average Bonchev–Trinajstić information content (AvgIpc) is 2.33. The van der Waals surface area contributed by atoms with Crippen LogP contribution in [0.4, 0.5) is 0 Å². The van der Waals surface area contributed by atoms with E-state index in [1.54, 1.807) is 7.11 Å². The number of benzene rings is 1. The van der Waals surface area contributed by atoms with Crippen molar-refractivity contribution < 1.29 is 4.74 Å². The second kappa shape index (κ2) is 6.76. The largest absolute Gasteiger partial charge is 0.496 e. The molecule has 0 bridgehead atoms. The molecule has 0 saturated heterocycles. The smallest absolute Gasteiger partial charge is 0.122 e. The van der Waals surface area contributed by atoms with E-state index in [1.807, 2.05) is 7.05 Å². The van der Waals surface area contributed by atoms with E-state index in [0.717, 1.165) is 18.6 Å². The Morgan fingerprint density at radius 1 is 1.22 bits per heavy atom. The van der Waals surface area contributed by atoms with Crippen molar-refractivity contribution in [2.45, 2.75) is 45.7 Å². The van der Waals surface area contributed by atoms with E-state index in [2.05, 4.69) is 38.2 Å². The van der Waals surface area contributed by atoms with Gasteiger partial charge in [-0.2, -0.15) is 0 Å². The summed E-state index contributed by atoms with van der Waals surface area (Å²) in [7, 11) is 3.72. The van der Waals surface area contributed by atoms with Crippen molar-refractivity contribution in [1.29, 1.82) is 0 Å². The Balaban J connectivity index is 2.95. The highest BCUT2D eigenvalue weighted by Crippen LogP contribution is 2.28. The van der Waals surface area contributed by atoms with Crippen LogP contribution in [-0.2, 0) is 0 Å². The third-order valence-corrected chi connectivity index (χ3v) is 3.42. The minimum Gasteiger partial charge on any atom is -0.496 e. The van der Waals surface area contributed by atoms with E-state index >= 15 is 0 Å². The number of ether oxygens (including phenoxy) is 1. The lowest BCUT2D eigenvalue weighted by Crippen LogP contribution is -2.22. The number of nitrogens with two attached hydrogens (primary N) is 1. The van der Waals surface area contributed by atoms with Crippen molar-refractivity contribution in [3.05, 3.63) is 28.8 Å². The predicted molar refractivity (Wildman–Crippen MR) is 77.2 cm³/mol. The molecule has 0 spiro atoms. The molecule has 0 aliphatic rings. The molecule has 0 fully saturated rings. The summed E-state index contributed by atoms with van der Waals surface area (Å²) in [6.45, 7) is 6.27. The van der Waals surface area contributed by atoms with Gasteiger partial charge in [0, 0.05) is 12.1 Å². The molecule has 102 valence electrons. The van der Waals surface area contributed by atoms with Crippen molar-refractivity contribution in [2.75, 3.05) is 14.2 Å². The highest BCUT2D eigenvalue weighted by molar-refractivity contribution is 5.42. The molecule has 1 aromatic rings. The number of methoxy groups -OCH3 is 1. The Hall–Kier alpha value is -1.06. The summed E-state index contributed by atoms with van der Waals surface area (Å²) < 4.78 is 5.35. The normalized spacial score (nSPS) is 14.3. The quantitative estimate of drug-likeness (QED) is 0.816. The molecule has 0 saturated carbocycles. The van der Waals surface area contributed by atoms with Crippen molar-refractivity contribution >= 4 is 0 Å². The monoisotopic (exact) mass is 250 g/mol. The molecule has 3 nitrogen and oxygen atoms in total. The maximum absolute atomic E-state index is 5.84. The molecule has 0 amide bonds. The second-order valence-corrected chi connectivity index (χ2v) is 5.07. The van der Waals surface area contributed by atoms with Gasteiger partial charge in [0.15, 0.2) is 0 Å². The third kappa shape index (κ3) is 3.72. The Morgan fingerprint density at radius 2 is 1.89 bits per heavy atom. The molecule has 0 aliphatic carbocycles. The predicted octanol–water partition coefficient (Wildman–Crippen LogP) is 2.70. The van der Waals surface area contributed by atoms with Crippen LogP contribution in [0.1, 0.15) is 42.5 Å². The molecule has 2 unspecified atom stereocenters. The van der Waals surface area contributed by atoms with Crippen LogP contribution in [-0.4, -0.2) is 20.2 Å². The SMILES string of the molecule is CNC(CCC(C)N)c1cc(C)c(OC)cc1C. The van der Waals surface area contributed by atoms with Crippen molar-refractivity contribution in [3.8, 4) is 5.75 Å². The Morgan fingerprint density at radius 3 is 2.39 bits per heavy atom. The first-order chi connectivity index (χ1) is 8.49. The first kappa shape index (κ1) is 15.0. The van der Waals surface area contributed by atoms with Gasteiger partial charge in [-0.15, -0.1) is 0 Å². The van der Waals surface area contributed by atoms with Gasteiger partial charge in [0.05, 0.1) is 7.11 Å². The van der Waals surface area contributed by atoms with Crippen LogP contribution >= 0.6 is 0 Å². The minimum atomic E-state index is 0.250. The first-order valence-corrected chi connectivity index (χ1v) is 6.57. The van der Waals surface area contributed by atoms with Crippen LogP contribution < -0.4 is 15.8 Å². The van der Waals surface area contributed by atoms with Crippen molar-refractivity contribution in [2.24, 2.45) is 5.73 Å². The number of aryl methyl sites for hydroxylation is 2. The van der Waals surface area contributed by atoms with Crippen LogP contribution in [0.3, 0.4) is 0 Å². The summed E-state index contributed by atoms with van der Waals surface area (Å²) in [4.78, 5) is 0. The van der Waals surface area contributed by atoms with Gasteiger partial charge in [0.2, 0.25) is 0 Å². The van der Waals surface area contributed by atoms with Gasteiger partial charge in [-0.25, -0.2) is 0 Å². The topological polar surface area (TPSA) is 47.3 Å². The molecule has 1 rings (SSSR count). The lowest BCUT2D eigenvalue weighted by molar-refractivity contribution is 0.410. The lowest BCUT2D eigenvalue weighted by Gasteiger charge is -2.21. The summed E-state index contributed by atoms with van der Waals surface area (Å²) in [6, 6.07) is 4.94. The Labute approximate surface area is 111 Å².